The lowest BCUT2D eigenvalue weighted by Gasteiger charge is -2.54. The van der Waals surface area contributed by atoms with Crippen LogP contribution in [0.2, 0.25) is 0 Å². The number of allylic oxidation sites excluding steroid dienone is 4. The summed E-state index contributed by atoms with van der Waals surface area (Å²) < 4.78 is 11.9. The van der Waals surface area contributed by atoms with Gasteiger partial charge >= 0.3 is 0 Å². The van der Waals surface area contributed by atoms with Crippen molar-refractivity contribution >= 4 is 0 Å². The van der Waals surface area contributed by atoms with E-state index in [2.05, 4.69) is 31.2 Å². The molecule has 0 amide bonds. The summed E-state index contributed by atoms with van der Waals surface area (Å²) in [6.45, 7) is 3.37. The van der Waals surface area contributed by atoms with Crippen LogP contribution in [0.25, 0.3) is 0 Å². The van der Waals surface area contributed by atoms with Gasteiger partial charge in [-0.25, -0.2) is 0 Å². The molecular weight excluding hydrogens is 296 g/mol. The Morgan fingerprint density at radius 1 is 1.17 bits per heavy atom. The van der Waals surface area contributed by atoms with Crippen LogP contribution in [0.15, 0.2) is 35.6 Å². The molecule has 2 heteroatoms. The van der Waals surface area contributed by atoms with E-state index in [-0.39, 0.29) is 5.60 Å². The summed E-state index contributed by atoms with van der Waals surface area (Å²) in [6, 6.07) is 0. The average molecular weight is 326 g/mol. The number of methoxy groups -OCH3 is 1. The molecule has 0 bridgehead atoms. The maximum Gasteiger partial charge on any atom is 0.0958 e. The number of fused-ring (bicyclic) bond motifs is 6. The second kappa shape index (κ2) is 5.24. The highest BCUT2D eigenvalue weighted by atomic mass is 16.5. The van der Waals surface area contributed by atoms with Gasteiger partial charge in [-0.2, -0.15) is 0 Å². The molecule has 5 rings (SSSR count). The molecule has 2 fully saturated rings. The molecule has 2 nitrogen and oxygen atoms in total. The van der Waals surface area contributed by atoms with Crippen molar-refractivity contribution in [2.24, 2.45) is 29.1 Å². The van der Waals surface area contributed by atoms with Gasteiger partial charge in [-0.1, -0.05) is 25.2 Å². The number of hydrogen-bond acceptors (Lipinski definition) is 2. The van der Waals surface area contributed by atoms with E-state index in [4.69, 9.17) is 9.47 Å². The highest BCUT2D eigenvalue weighted by molar-refractivity contribution is 5.32. The van der Waals surface area contributed by atoms with Gasteiger partial charge in [0.2, 0.25) is 0 Å². The average Bonchev–Trinajstić information content (AvgIpc) is 3.21. The van der Waals surface area contributed by atoms with Gasteiger partial charge < -0.3 is 9.47 Å². The topological polar surface area (TPSA) is 18.5 Å². The van der Waals surface area contributed by atoms with Crippen LogP contribution >= 0.6 is 0 Å². The maximum absolute atomic E-state index is 6.34. The molecule has 2 saturated carbocycles. The number of ether oxygens (including phenoxy) is 2. The lowest BCUT2D eigenvalue weighted by atomic mass is 9.51. The molecule has 130 valence electrons. The Balaban J connectivity index is 1.47. The molecule has 0 aromatic carbocycles. The molecule has 0 aromatic rings. The quantitative estimate of drug-likeness (QED) is 0.630. The molecule has 24 heavy (non-hydrogen) atoms. The number of rotatable bonds is 1. The zero-order valence-corrected chi connectivity index (χ0v) is 15.1. The van der Waals surface area contributed by atoms with E-state index in [0.29, 0.717) is 5.41 Å². The van der Waals surface area contributed by atoms with Crippen LogP contribution in [-0.4, -0.2) is 19.3 Å². The van der Waals surface area contributed by atoms with Gasteiger partial charge in [0.05, 0.1) is 25.1 Å². The van der Waals surface area contributed by atoms with Gasteiger partial charge in [0, 0.05) is 11.8 Å². The third-order valence-corrected chi connectivity index (χ3v) is 8.36. The van der Waals surface area contributed by atoms with E-state index >= 15 is 0 Å². The number of hydrogen-bond donors (Lipinski definition) is 0. The highest BCUT2D eigenvalue weighted by Crippen LogP contribution is 2.66. The predicted molar refractivity (Wildman–Crippen MR) is 95.4 cm³/mol. The summed E-state index contributed by atoms with van der Waals surface area (Å²) >= 11 is 0. The molecule has 6 atom stereocenters. The van der Waals surface area contributed by atoms with Crippen LogP contribution in [0.5, 0.6) is 0 Å². The van der Waals surface area contributed by atoms with Crippen molar-refractivity contribution in [3.8, 4) is 0 Å². The van der Waals surface area contributed by atoms with Crippen LogP contribution in [0.3, 0.4) is 0 Å². The second-order valence-corrected chi connectivity index (χ2v) is 8.93. The molecule has 0 N–H and O–H groups in total. The monoisotopic (exact) mass is 326 g/mol. The first-order chi connectivity index (χ1) is 11.7. The molecule has 4 aliphatic carbocycles. The lowest BCUT2D eigenvalue weighted by molar-refractivity contribution is -0.107. The summed E-state index contributed by atoms with van der Waals surface area (Å²) in [4.78, 5) is 0. The maximum atomic E-state index is 6.34. The third kappa shape index (κ3) is 1.87. The van der Waals surface area contributed by atoms with Crippen molar-refractivity contribution < 1.29 is 9.47 Å². The Labute approximate surface area is 146 Å². The van der Waals surface area contributed by atoms with Crippen LogP contribution < -0.4 is 0 Å². The summed E-state index contributed by atoms with van der Waals surface area (Å²) in [7, 11) is 1.82. The van der Waals surface area contributed by atoms with Crippen LogP contribution in [0, 0.1) is 29.1 Å². The first-order valence-electron chi connectivity index (χ1n) is 9.93. The minimum absolute atomic E-state index is 0.0579. The van der Waals surface area contributed by atoms with Gasteiger partial charge in [0.15, 0.2) is 0 Å². The standard InChI is InChI=1S/C22H30O2/c1-21-11-8-18-17-7-5-16(23-2)14-15(17)4-6-19(18)20(21)9-12-22(21)10-3-13-24-22/h3-4,10,14,17-20H,5-9,11-13H2,1-2H3/t17-,18?,19?,20?,21-,22-/m0/s1. The molecule has 0 aromatic heterocycles. The van der Waals surface area contributed by atoms with Gasteiger partial charge in [0.1, 0.15) is 0 Å². The van der Waals surface area contributed by atoms with E-state index in [1.807, 2.05) is 7.11 Å². The molecule has 5 aliphatic rings. The van der Waals surface area contributed by atoms with Crippen molar-refractivity contribution in [1.82, 2.24) is 0 Å². The molecular formula is C22H30O2. The fourth-order valence-corrected chi connectivity index (χ4v) is 7.12. The van der Waals surface area contributed by atoms with Crippen molar-refractivity contribution in [3.05, 3.63) is 35.6 Å². The van der Waals surface area contributed by atoms with Gasteiger partial charge in [-0.15, -0.1) is 0 Å². The zero-order valence-electron chi connectivity index (χ0n) is 15.1. The van der Waals surface area contributed by atoms with Crippen LogP contribution in [0.1, 0.15) is 51.9 Å². The summed E-state index contributed by atoms with van der Waals surface area (Å²) in [6.07, 6.45) is 18.6. The van der Waals surface area contributed by atoms with Crippen molar-refractivity contribution in [2.45, 2.75) is 57.5 Å². The lowest BCUT2D eigenvalue weighted by Crippen LogP contribution is -2.51. The van der Waals surface area contributed by atoms with E-state index in [1.165, 1.54) is 44.3 Å². The largest absolute Gasteiger partial charge is 0.501 e. The van der Waals surface area contributed by atoms with E-state index in [0.717, 1.165) is 36.7 Å². The van der Waals surface area contributed by atoms with Gasteiger partial charge in [-0.05, 0) is 73.8 Å². The Hall–Kier alpha value is -1.02. The fraction of sp³-hybridized carbons (Fsp3) is 0.727. The van der Waals surface area contributed by atoms with Gasteiger partial charge in [-0.3, -0.25) is 0 Å². The first kappa shape index (κ1) is 15.3. The molecule has 0 saturated heterocycles. The van der Waals surface area contributed by atoms with E-state index in [1.54, 1.807) is 5.57 Å². The minimum Gasteiger partial charge on any atom is -0.501 e. The third-order valence-electron chi connectivity index (χ3n) is 8.36. The Morgan fingerprint density at radius 3 is 2.88 bits per heavy atom. The highest BCUT2D eigenvalue weighted by Gasteiger charge is 2.62. The van der Waals surface area contributed by atoms with E-state index < -0.39 is 0 Å². The second-order valence-electron chi connectivity index (χ2n) is 8.93. The van der Waals surface area contributed by atoms with Crippen molar-refractivity contribution in [1.29, 1.82) is 0 Å². The normalized spacial score (nSPS) is 49.2. The fourth-order valence-electron chi connectivity index (χ4n) is 7.12. The van der Waals surface area contributed by atoms with Crippen molar-refractivity contribution in [2.75, 3.05) is 13.7 Å². The molecule has 1 aliphatic heterocycles. The molecule has 0 radical (unpaired) electrons. The molecule has 3 unspecified atom stereocenters. The van der Waals surface area contributed by atoms with Crippen molar-refractivity contribution in [3.63, 3.8) is 0 Å². The molecule has 1 heterocycles. The predicted octanol–water partition coefficient (Wildman–Crippen LogP) is 5.02. The van der Waals surface area contributed by atoms with Gasteiger partial charge in [0.25, 0.3) is 0 Å². The Bertz CT molecular complexity index is 630. The zero-order chi connectivity index (χ0) is 16.4. The van der Waals surface area contributed by atoms with Crippen LogP contribution in [0.4, 0.5) is 0 Å². The summed E-state index contributed by atoms with van der Waals surface area (Å²) in [5.74, 6) is 4.56. The minimum atomic E-state index is 0.0579. The summed E-state index contributed by atoms with van der Waals surface area (Å²) in [5.41, 5.74) is 1.99. The smallest absolute Gasteiger partial charge is 0.0958 e. The summed E-state index contributed by atoms with van der Waals surface area (Å²) in [5, 5.41) is 0. The molecule has 1 spiro atoms. The van der Waals surface area contributed by atoms with Crippen LogP contribution in [-0.2, 0) is 9.47 Å². The Kier molecular flexibility index (Phi) is 3.33. The SMILES string of the molecule is COC1=CC2=CCC3C(CC[C@@]4(C)C3CC[C@@]43C=CCO3)[C@H]2CC1. The Morgan fingerprint density at radius 2 is 2.08 bits per heavy atom. The van der Waals surface area contributed by atoms with E-state index in [9.17, 15) is 0 Å². The first-order valence-corrected chi connectivity index (χ1v) is 9.93.